The lowest BCUT2D eigenvalue weighted by molar-refractivity contribution is -0.00669. The van der Waals surface area contributed by atoms with Crippen molar-refractivity contribution in [3.05, 3.63) is 12.7 Å². The Kier molecular flexibility index (Phi) is 8.33. The number of nitrogens with one attached hydrogen (secondary N) is 2. The number of likely N-dealkylation sites (N-methyl/N-ethyl adjacent to an activating group) is 1. The van der Waals surface area contributed by atoms with Crippen molar-refractivity contribution >= 4 is 17.3 Å². The molecule has 0 spiro atoms. The average molecular weight is 396 g/mol. The first-order valence-corrected chi connectivity index (χ1v) is 10.9. The maximum absolute atomic E-state index is 5.48. The van der Waals surface area contributed by atoms with Gasteiger partial charge in [-0.25, -0.2) is 0 Å². The number of thiocarbonyl (C=S) groups is 1. The molecule has 0 radical (unpaired) electrons. The highest BCUT2D eigenvalue weighted by atomic mass is 32.1. The van der Waals surface area contributed by atoms with Gasteiger partial charge in [-0.3, -0.25) is 9.80 Å². The van der Waals surface area contributed by atoms with Crippen LogP contribution in [-0.4, -0.2) is 105 Å². The molecule has 4 heterocycles. The van der Waals surface area contributed by atoms with E-state index in [0.29, 0.717) is 6.04 Å². The van der Waals surface area contributed by atoms with Crippen LogP contribution in [0.1, 0.15) is 12.8 Å². The van der Waals surface area contributed by atoms with E-state index in [9.17, 15) is 0 Å². The van der Waals surface area contributed by atoms with E-state index in [1.165, 1.54) is 32.5 Å². The van der Waals surface area contributed by atoms with E-state index in [1.54, 1.807) is 0 Å². The fraction of sp³-hybridized carbons (Fsp3) is 0.850. The highest BCUT2D eigenvalue weighted by Gasteiger charge is 2.40. The number of nitrogens with zero attached hydrogens (tertiary/aromatic N) is 3. The second-order valence-electron chi connectivity index (χ2n) is 8.29. The van der Waals surface area contributed by atoms with Gasteiger partial charge in [0.15, 0.2) is 5.11 Å². The molecule has 4 rings (SSSR count). The molecular weight excluding hydrogens is 358 g/mol. The van der Waals surface area contributed by atoms with Crippen molar-refractivity contribution in [2.75, 3.05) is 79.2 Å². The molecule has 4 saturated heterocycles. The van der Waals surface area contributed by atoms with Crippen molar-refractivity contribution in [2.24, 2.45) is 11.8 Å². The van der Waals surface area contributed by atoms with Gasteiger partial charge in [-0.1, -0.05) is 6.08 Å². The standard InChI is InChI=1S/C20H37N5OS/c1-3-6-23(2)15-18-16-25-7-4-17(18)13-19(25)14-22-20(27)21-5-8-24-9-11-26-12-10-24/h3,17-19H,1,4-16H2,2H3,(H2,21,22,27)/t17-,18-,19+/m0/s1. The first-order chi connectivity index (χ1) is 13.2. The molecular formula is C20H37N5OS. The minimum Gasteiger partial charge on any atom is -0.379 e. The van der Waals surface area contributed by atoms with Gasteiger partial charge in [-0.15, -0.1) is 6.58 Å². The number of morpholine rings is 1. The number of fused-ring (bicyclic) bond motifs is 3. The molecule has 4 atom stereocenters. The smallest absolute Gasteiger partial charge is 0.166 e. The van der Waals surface area contributed by atoms with Crippen molar-refractivity contribution in [1.29, 1.82) is 0 Å². The molecule has 7 heteroatoms. The summed E-state index contributed by atoms with van der Waals surface area (Å²) in [6, 6.07) is 0.628. The van der Waals surface area contributed by atoms with Crippen LogP contribution in [0.3, 0.4) is 0 Å². The lowest BCUT2D eigenvalue weighted by Gasteiger charge is -2.50. The molecule has 0 saturated carbocycles. The van der Waals surface area contributed by atoms with Crippen LogP contribution in [0.15, 0.2) is 12.7 Å². The number of hydrogen-bond donors (Lipinski definition) is 2. The van der Waals surface area contributed by atoms with Gasteiger partial charge in [-0.2, -0.15) is 0 Å². The van der Waals surface area contributed by atoms with Crippen LogP contribution in [-0.2, 0) is 4.74 Å². The van der Waals surface area contributed by atoms with E-state index >= 15 is 0 Å². The fourth-order valence-electron chi connectivity index (χ4n) is 4.79. The number of piperidine rings is 3. The monoisotopic (exact) mass is 395 g/mol. The molecule has 0 aromatic rings. The summed E-state index contributed by atoms with van der Waals surface area (Å²) in [6.07, 6.45) is 4.66. The summed E-state index contributed by atoms with van der Waals surface area (Å²) in [7, 11) is 2.21. The molecule has 4 aliphatic heterocycles. The lowest BCUT2D eigenvalue weighted by Crippen LogP contribution is -2.58. The van der Waals surface area contributed by atoms with Crippen molar-refractivity contribution < 1.29 is 4.74 Å². The molecule has 154 valence electrons. The molecule has 0 aromatic heterocycles. The molecule has 1 unspecified atom stereocenters. The van der Waals surface area contributed by atoms with Crippen LogP contribution in [0, 0.1) is 11.8 Å². The minimum absolute atomic E-state index is 0.628. The summed E-state index contributed by atoms with van der Waals surface area (Å²) in [6.45, 7) is 15.2. The van der Waals surface area contributed by atoms with Crippen molar-refractivity contribution in [3.63, 3.8) is 0 Å². The molecule has 4 aliphatic rings. The molecule has 6 nitrogen and oxygen atoms in total. The zero-order valence-electron chi connectivity index (χ0n) is 16.9. The third-order valence-electron chi connectivity index (χ3n) is 6.32. The van der Waals surface area contributed by atoms with Crippen LogP contribution in [0.2, 0.25) is 0 Å². The van der Waals surface area contributed by atoms with E-state index in [4.69, 9.17) is 17.0 Å². The highest BCUT2D eigenvalue weighted by Crippen LogP contribution is 2.36. The summed E-state index contributed by atoms with van der Waals surface area (Å²) < 4.78 is 5.39. The van der Waals surface area contributed by atoms with Crippen molar-refractivity contribution in [2.45, 2.75) is 18.9 Å². The third-order valence-corrected chi connectivity index (χ3v) is 6.61. The van der Waals surface area contributed by atoms with Crippen LogP contribution in [0.25, 0.3) is 0 Å². The number of ether oxygens (including phenoxy) is 1. The molecule has 4 fully saturated rings. The van der Waals surface area contributed by atoms with Crippen LogP contribution >= 0.6 is 12.2 Å². The van der Waals surface area contributed by atoms with Crippen molar-refractivity contribution in [3.8, 4) is 0 Å². The second kappa shape index (κ2) is 10.7. The Morgan fingerprint density at radius 3 is 2.81 bits per heavy atom. The first kappa shape index (κ1) is 21.0. The lowest BCUT2D eigenvalue weighted by atomic mass is 9.75. The Morgan fingerprint density at radius 2 is 2.11 bits per heavy atom. The number of rotatable bonds is 9. The predicted molar refractivity (Wildman–Crippen MR) is 115 cm³/mol. The Balaban J connectivity index is 1.32. The van der Waals surface area contributed by atoms with Gasteiger partial charge in [0.1, 0.15) is 0 Å². The van der Waals surface area contributed by atoms with Crippen LogP contribution in [0.5, 0.6) is 0 Å². The second-order valence-corrected chi connectivity index (χ2v) is 8.70. The van der Waals surface area contributed by atoms with Gasteiger partial charge in [0, 0.05) is 58.4 Å². The van der Waals surface area contributed by atoms with E-state index in [2.05, 4.69) is 39.0 Å². The molecule has 2 N–H and O–H groups in total. The SMILES string of the molecule is C=CCN(C)C[C@H]1CN2CC[C@H]1C[C@@H]2CNC(=S)NCCN1CCOCC1. The summed E-state index contributed by atoms with van der Waals surface area (Å²) in [5, 5.41) is 7.63. The minimum atomic E-state index is 0.628. The normalized spacial score (nSPS) is 31.0. The summed E-state index contributed by atoms with van der Waals surface area (Å²) in [5.74, 6) is 1.66. The Labute approximate surface area is 170 Å². The van der Waals surface area contributed by atoms with Crippen LogP contribution < -0.4 is 10.6 Å². The molecule has 2 bridgehead atoms. The summed E-state index contributed by atoms with van der Waals surface area (Å²) >= 11 is 5.48. The maximum atomic E-state index is 5.48. The average Bonchev–Trinajstić information content (AvgIpc) is 2.68. The maximum Gasteiger partial charge on any atom is 0.166 e. The quantitative estimate of drug-likeness (QED) is 0.438. The topological polar surface area (TPSA) is 43.0 Å². The molecule has 0 aliphatic carbocycles. The summed E-state index contributed by atoms with van der Waals surface area (Å²) in [5.41, 5.74) is 0. The van der Waals surface area contributed by atoms with Gasteiger partial charge in [-0.05, 0) is 50.5 Å². The number of hydrogen-bond acceptors (Lipinski definition) is 5. The first-order valence-electron chi connectivity index (χ1n) is 10.5. The van der Waals surface area contributed by atoms with Gasteiger partial charge in [0.2, 0.25) is 0 Å². The van der Waals surface area contributed by atoms with E-state index in [0.717, 1.165) is 69.4 Å². The Bertz CT molecular complexity index is 485. The van der Waals surface area contributed by atoms with E-state index < -0.39 is 0 Å². The molecule has 0 amide bonds. The van der Waals surface area contributed by atoms with Crippen LogP contribution in [0.4, 0.5) is 0 Å². The Hall–Kier alpha value is -0.730. The van der Waals surface area contributed by atoms with E-state index in [1.807, 2.05) is 6.08 Å². The highest BCUT2D eigenvalue weighted by molar-refractivity contribution is 7.80. The van der Waals surface area contributed by atoms with Gasteiger partial charge in [0.05, 0.1) is 13.2 Å². The predicted octanol–water partition coefficient (Wildman–Crippen LogP) is 0.611. The van der Waals surface area contributed by atoms with Crippen molar-refractivity contribution in [1.82, 2.24) is 25.3 Å². The third kappa shape index (κ3) is 6.39. The molecule has 0 aromatic carbocycles. The summed E-state index contributed by atoms with van der Waals surface area (Å²) in [4.78, 5) is 7.50. The zero-order chi connectivity index (χ0) is 19.1. The largest absolute Gasteiger partial charge is 0.379 e. The van der Waals surface area contributed by atoms with Gasteiger partial charge in [0.25, 0.3) is 0 Å². The zero-order valence-corrected chi connectivity index (χ0v) is 17.7. The van der Waals surface area contributed by atoms with E-state index in [-0.39, 0.29) is 0 Å². The van der Waals surface area contributed by atoms with Gasteiger partial charge >= 0.3 is 0 Å². The van der Waals surface area contributed by atoms with Gasteiger partial charge < -0.3 is 20.3 Å². The fourth-order valence-corrected chi connectivity index (χ4v) is 4.97. The Morgan fingerprint density at radius 1 is 1.30 bits per heavy atom. The molecule has 27 heavy (non-hydrogen) atoms.